The van der Waals surface area contributed by atoms with Crippen molar-refractivity contribution < 1.29 is 28.5 Å². The minimum atomic E-state index is -0.520. The van der Waals surface area contributed by atoms with Gasteiger partial charge in [-0.2, -0.15) is 0 Å². The van der Waals surface area contributed by atoms with E-state index in [2.05, 4.69) is 15.3 Å². The number of methoxy groups -OCH3 is 2. The first kappa shape index (κ1) is 26.0. The van der Waals surface area contributed by atoms with Crippen molar-refractivity contribution in [1.82, 2.24) is 4.98 Å². The van der Waals surface area contributed by atoms with E-state index in [4.69, 9.17) is 30.2 Å². The molecule has 0 fully saturated rings. The van der Waals surface area contributed by atoms with Gasteiger partial charge < -0.3 is 29.1 Å². The Balaban J connectivity index is 1.87. The third-order valence-corrected chi connectivity index (χ3v) is 5.86. The van der Waals surface area contributed by atoms with E-state index in [1.54, 1.807) is 49.5 Å². The van der Waals surface area contributed by atoms with Gasteiger partial charge in [0.1, 0.15) is 22.8 Å². The van der Waals surface area contributed by atoms with Gasteiger partial charge in [-0.15, -0.1) is 0 Å². The predicted octanol–water partition coefficient (Wildman–Crippen LogP) is 5.18. The van der Waals surface area contributed by atoms with E-state index in [9.17, 15) is 9.90 Å². The molecular weight excluding hydrogens is 498 g/mol. The number of aliphatic hydroxyl groups is 1. The first-order valence-corrected chi connectivity index (χ1v) is 11.8. The number of fused-ring (bicyclic) bond motifs is 1. The number of aromatic nitrogens is 1. The number of carbonyl (C=O) groups is 1. The molecule has 0 aliphatic heterocycles. The largest absolute Gasteiger partial charge is 0.495 e. The molecule has 0 spiro atoms. The Morgan fingerprint density at radius 2 is 1.86 bits per heavy atom. The van der Waals surface area contributed by atoms with E-state index in [0.717, 1.165) is 0 Å². The minimum Gasteiger partial charge on any atom is -0.495 e. The number of pyridine rings is 1. The van der Waals surface area contributed by atoms with Crippen molar-refractivity contribution in [1.29, 1.82) is 0 Å². The highest BCUT2D eigenvalue weighted by molar-refractivity contribution is 6.32. The molecular formula is C27H26ClN3O6. The molecule has 2 aromatic carbocycles. The summed E-state index contributed by atoms with van der Waals surface area (Å²) >= 11 is 6.28. The summed E-state index contributed by atoms with van der Waals surface area (Å²) in [5, 5.41) is 13.5. The molecule has 0 aliphatic carbocycles. The number of aliphatic hydroxyl groups excluding tert-OH is 1. The summed E-state index contributed by atoms with van der Waals surface area (Å²) in [6.45, 7) is 3.94. The van der Waals surface area contributed by atoms with Crippen molar-refractivity contribution in [2.75, 3.05) is 26.1 Å². The molecule has 0 bridgehead atoms. The number of nitrogens with one attached hydrogen (secondary N) is 1. The lowest BCUT2D eigenvalue weighted by Crippen LogP contribution is -2.22. The van der Waals surface area contributed by atoms with E-state index < -0.39 is 5.91 Å². The number of benzene rings is 2. The lowest BCUT2D eigenvalue weighted by molar-refractivity contribution is 0.102. The Morgan fingerprint density at radius 3 is 2.51 bits per heavy atom. The molecule has 9 nitrogen and oxygen atoms in total. The van der Waals surface area contributed by atoms with Gasteiger partial charge in [0, 0.05) is 23.2 Å². The molecule has 4 rings (SSSR count). The molecule has 0 radical (unpaired) electrons. The van der Waals surface area contributed by atoms with Gasteiger partial charge in [0.15, 0.2) is 5.58 Å². The average Bonchev–Trinajstić information content (AvgIpc) is 2.90. The summed E-state index contributed by atoms with van der Waals surface area (Å²) in [4.78, 5) is 22.4. The van der Waals surface area contributed by atoms with Gasteiger partial charge in [-0.05, 0) is 50.2 Å². The summed E-state index contributed by atoms with van der Waals surface area (Å²) in [5.41, 5.74) is 2.59. The predicted molar refractivity (Wildman–Crippen MR) is 140 cm³/mol. The standard InChI is InChI=1S/C27H26ClN3O6/c1-5-36-18-8-6-17(7-9-18)30-27-20(10-19-16(14-32)13-29-15(2)25(19)37-27)26(33)31-22-11-21(28)23(34-3)12-24(22)35-4/h6-13,32H,5,14H2,1-4H3,(H,31,33). The number of anilines is 1. The average molecular weight is 524 g/mol. The van der Waals surface area contributed by atoms with Crippen LogP contribution in [0, 0.1) is 6.92 Å². The number of rotatable bonds is 8. The van der Waals surface area contributed by atoms with Crippen LogP contribution < -0.4 is 25.1 Å². The zero-order chi connectivity index (χ0) is 26.5. The summed E-state index contributed by atoms with van der Waals surface area (Å²) < 4.78 is 22.2. The number of amides is 1. The van der Waals surface area contributed by atoms with Crippen molar-refractivity contribution in [3.8, 4) is 17.2 Å². The van der Waals surface area contributed by atoms with E-state index in [1.165, 1.54) is 20.3 Å². The van der Waals surface area contributed by atoms with Gasteiger partial charge in [-0.3, -0.25) is 9.78 Å². The van der Waals surface area contributed by atoms with Crippen molar-refractivity contribution in [2.24, 2.45) is 4.99 Å². The smallest absolute Gasteiger partial charge is 0.261 e. The molecule has 0 unspecified atom stereocenters. The van der Waals surface area contributed by atoms with Crippen LogP contribution >= 0.6 is 11.6 Å². The zero-order valence-electron chi connectivity index (χ0n) is 20.8. The monoisotopic (exact) mass is 523 g/mol. The second-order valence-corrected chi connectivity index (χ2v) is 8.32. The van der Waals surface area contributed by atoms with Gasteiger partial charge in [0.2, 0.25) is 5.55 Å². The molecule has 2 aromatic heterocycles. The fourth-order valence-electron chi connectivity index (χ4n) is 3.71. The number of halogens is 1. The fraction of sp³-hybridized carbons (Fsp3) is 0.222. The Hall–Kier alpha value is -4.08. The lowest BCUT2D eigenvalue weighted by Gasteiger charge is -2.14. The zero-order valence-corrected chi connectivity index (χ0v) is 21.5. The molecule has 0 saturated carbocycles. The molecule has 0 atom stereocenters. The SMILES string of the molecule is CCOc1ccc(N=c2oc3c(C)ncc(CO)c3cc2C(=O)Nc2cc(Cl)c(OC)cc2OC)cc1. The number of nitrogens with zero attached hydrogens (tertiary/aromatic N) is 2. The highest BCUT2D eigenvalue weighted by Gasteiger charge is 2.19. The van der Waals surface area contributed by atoms with Crippen molar-refractivity contribution in [3.63, 3.8) is 0 Å². The molecule has 0 saturated heterocycles. The number of hydrogen-bond donors (Lipinski definition) is 2. The highest BCUT2D eigenvalue weighted by atomic mass is 35.5. The van der Waals surface area contributed by atoms with Gasteiger partial charge >= 0.3 is 0 Å². The van der Waals surface area contributed by atoms with Crippen molar-refractivity contribution >= 4 is 39.9 Å². The molecule has 0 aliphatic rings. The molecule has 37 heavy (non-hydrogen) atoms. The third-order valence-electron chi connectivity index (χ3n) is 5.57. The maximum Gasteiger partial charge on any atom is 0.261 e. The number of carbonyl (C=O) groups excluding carboxylic acids is 1. The Kier molecular flexibility index (Phi) is 7.95. The van der Waals surface area contributed by atoms with Crippen LogP contribution in [0.5, 0.6) is 17.2 Å². The quantitative estimate of drug-likeness (QED) is 0.327. The maximum atomic E-state index is 13.6. The number of hydrogen-bond acceptors (Lipinski definition) is 8. The van der Waals surface area contributed by atoms with Crippen LogP contribution in [0.3, 0.4) is 0 Å². The van der Waals surface area contributed by atoms with E-state index in [0.29, 0.717) is 62.5 Å². The Labute approximate surface area is 218 Å². The van der Waals surface area contributed by atoms with E-state index in [-0.39, 0.29) is 17.7 Å². The number of aryl methyl sites for hydroxylation is 1. The van der Waals surface area contributed by atoms with Gasteiger partial charge in [0.25, 0.3) is 5.91 Å². The maximum absolute atomic E-state index is 13.6. The molecule has 4 aromatic rings. The normalized spacial score (nSPS) is 11.5. The molecule has 2 N–H and O–H groups in total. The fourth-order valence-corrected chi connectivity index (χ4v) is 3.95. The number of ether oxygens (including phenoxy) is 3. The van der Waals surface area contributed by atoms with Gasteiger partial charge in [-0.1, -0.05) is 11.6 Å². The van der Waals surface area contributed by atoms with Crippen LogP contribution in [-0.2, 0) is 6.61 Å². The Bertz CT molecular complexity index is 1520. The third kappa shape index (κ3) is 5.52. The lowest BCUT2D eigenvalue weighted by atomic mass is 10.1. The second-order valence-electron chi connectivity index (χ2n) is 7.91. The summed E-state index contributed by atoms with van der Waals surface area (Å²) in [5.74, 6) is 0.937. The second kappa shape index (κ2) is 11.3. The Morgan fingerprint density at radius 1 is 1.14 bits per heavy atom. The van der Waals surface area contributed by atoms with Crippen LogP contribution in [0.2, 0.25) is 5.02 Å². The summed E-state index contributed by atoms with van der Waals surface area (Å²) in [6.07, 6.45) is 1.55. The van der Waals surface area contributed by atoms with Crippen LogP contribution in [0.25, 0.3) is 11.0 Å². The van der Waals surface area contributed by atoms with E-state index >= 15 is 0 Å². The minimum absolute atomic E-state index is 0.0627. The summed E-state index contributed by atoms with van der Waals surface area (Å²) in [6, 6.07) is 11.8. The summed E-state index contributed by atoms with van der Waals surface area (Å²) in [7, 11) is 2.96. The molecule has 2 heterocycles. The van der Waals surface area contributed by atoms with Crippen LogP contribution in [0.1, 0.15) is 28.5 Å². The topological polar surface area (TPSA) is 115 Å². The highest BCUT2D eigenvalue weighted by Crippen LogP contribution is 2.36. The first-order chi connectivity index (χ1) is 17.9. The first-order valence-electron chi connectivity index (χ1n) is 11.4. The van der Waals surface area contributed by atoms with Gasteiger partial charge in [0.05, 0.1) is 49.5 Å². The molecule has 192 valence electrons. The van der Waals surface area contributed by atoms with Gasteiger partial charge in [-0.25, -0.2) is 4.99 Å². The van der Waals surface area contributed by atoms with Crippen molar-refractivity contribution in [2.45, 2.75) is 20.5 Å². The van der Waals surface area contributed by atoms with Crippen LogP contribution in [-0.4, -0.2) is 36.8 Å². The van der Waals surface area contributed by atoms with E-state index in [1.807, 2.05) is 6.92 Å². The van der Waals surface area contributed by atoms with Crippen molar-refractivity contribution in [3.05, 3.63) is 76.1 Å². The molecule has 10 heteroatoms. The van der Waals surface area contributed by atoms with Crippen LogP contribution in [0.4, 0.5) is 11.4 Å². The van der Waals surface area contributed by atoms with Crippen LogP contribution in [0.15, 0.2) is 58.1 Å². The molecule has 1 amide bonds.